The first-order valence-electron chi connectivity index (χ1n) is 17.3. The van der Waals surface area contributed by atoms with Gasteiger partial charge in [0.15, 0.2) is 0 Å². The monoisotopic (exact) mass is 659 g/mol. The van der Waals surface area contributed by atoms with Gasteiger partial charge in [-0.15, -0.1) is 0 Å². The first-order chi connectivity index (χ1) is 23.4. The molecule has 0 saturated carbocycles. The van der Waals surface area contributed by atoms with E-state index in [0.717, 1.165) is 65.9 Å². The van der Waals surface area contributed by atoms with Gasteiger partial charge in [-0.2, -0.15) is 0 Å². The number of phenols is 1. The SMILES string of the molecule is C[C@@H]1Cc2ccccc2CN1C(=O)c1cc2c(cc1-c1cc(C(=O)N(C)c3ccc(O)cc3)c3n1CCCC3)CN(C(=O)NC(C)(C)C)C2. The number of carbonyl (C=O) groups excluding carboxylic acids is 3. The molecule has 3 aliphatic rings. The summed E-state index contributed by atoms with van der Waals surface area (Å²) in [5.74, 6) is -0.0383. The van der Waals surface area contributed by atoms with Crippen LogP contribution in [0, 0.1) is 0 Å². The van der Waals surface area contributed by atoms with Crippen molar-refractivity contribution >= 4 is 23.5 Å². The summed E-state index contributed by atoms with van der Waals surface area (Å²) in [6.45, 7) is 10.1. The van der Waals surface area contributed by atoms with Crippen LogP contribution in [-0.2, 0) is 39.0 Å². The first kappa shape index (κ1) is 32.5. The van der Waals surface area contributed by atoms with E-state index in [9.17, 15) is 19.5 Å². The number of rotatable bonds is 4. The Bertz CT molecular complexity index is 1950. The van der Waals surface area contributed by atoms with E-state index in [0.29, 0.717) is 36.4 Å². The molecule has 1 atom stereocenters. The number of hydrogen-bond acceptors (Lipinski definition) is 4. The largest absolute Gasteiger partial charge is 0.508 e. The molecule has 0 spiro atoms. The summed E-state index contributed by atoms with van der Waals surface area (Å²) in [5.41, 5.74) is 8.55. The Kier molecular flexibility index (Phi) is 8.25. The van der Waals surface area contributed by atoms with Gasteiger partial charge < -0.3 is 29.7 Å². The van der Waals surface area contributed by atoms with E-state index < -0.39 is 0 Å². The number of aromatic hydroxyl groups is 1. The van der Waals surface area contributed by atoms with Crippen LogP contribution < -0.4 is 10.2 Å². The third-order valence-corrected chi connectivity index (χ3v) is 10.1. The standard InChI is InChI=1S/C40H45N5O4/c1-25-18-26-10-6-7-11-27(26)24-45(25)38(48)33-20-29-23-43(39(49)41-40(2,3)4)22-28(29)19-32(33)36-21-34(35-12-8-9-17-44(35)36)37(47)42(5)30-13-15-31(46)16-14-30/h6-7,10-11,13-16,19-21,25,46H,8-9,12,17-18,22-24H2,1-5H3,(H,41,49)/t25-/m1/s1. The Morgan fingerprint density at radius 3 is 2.27 bits per heavy atom. The van der Waals surface area contributed by atoms with Gasteiger partial charge in [0.05, 0.1) is 5.56 Å². The van der Waals surface area contributed by atoms with E-state index in [1.165, 1.54) is 5.56 Å². The molecule has 9 heteroatoms. The molecule has 9 nitrogen and oxygen atoms in total. The number of phenolic OH excluding ortho intramolecular Hbond substituents is 1. The van der Waals surface area contributed by atoms with Gasteiger partial charge in [0, 0.05) is 73.0 Å². The van der Waals surface area contributed by atoms with E-state index >= 15 is 0 Å². The quantitative estimate of drug-likeness (QED) is 0.250. The van der Waals surface area contributed by atoms with Crippen molar-refractivity contribution in [1.82, 2.24) is 19.7 Å². The molecule has 0 saturated heterocycles. The van der Waals surface area contributed by atoms with E-state index in [2.05, 4.69) is 41.1 Å². The molecule has 3 aromatic carbocycles. The molecule has 49 heavy (non-hydrogen) atoms. The van der Waals surface area contributed by atoms with Crippen molar-refractivity contribution in [3.8, 4) is 17.0 Å². The predicted octanol–water partition coefficient (Wildman–Crippen LogP) is 6.88. The second kappa shape index (κ2) is 12.4. The molecule has 0 unspecified atom stereocenters. The molecule has 0 bridgehead atoms. The lowest BCUT2D eigenvalue weighted by Gasteiger charge is -2.35. The summed E-state index contributed by atoms with van der Waals surface area (Å²) in [4.78, 5) is 47.5. The van der Waals surface area contributed by atoms with Gasteiger partial charge in [-0.25, -0.2) is 4.79 Å². The maximum atomic E-state index is 14.8. The molecule has 4 heterocycles. The van der Waals surface area contributed by atoms with Crippen LogP contribution in [0.4, 0.5) is 10.5 Å². The molecule has 0 fully saturated rings. The number of anilines is 1. The van der Waals surface area contributed by atoms with Crippen LogP contribution in [0.15, 0.2) is 66.7 Å². The smallest absolute Gasteiger partial charge is 0.318 e. The second-order valence-corrected chi connectivity index (χ2v) is 14.8. The molecule has 7 rings (SSSR count). The van der Waals surface area contributed by atoms with Gasteiger partial charge in [-0.1, -0.05) is 24.3 Å². The fourth-order valence-corrected chi connectivity index (χ4v) is 7.55. The summed E-state index contributed by atoms with van der Waals surface area (Å²) in [5, 5.41) is 12.9. The first-order valence-corrected chi connectivity index (χ1v) is 17.3. The number of fused-ring (bicyclic) bond motifs is 3. The maximum absolute atomic E-state index is 14.8. The summed E-state index contributed by atoms with van der Waals surface area (Å²) in [6.07, 6.45) is 3.50. The van der Waals surface area contributed by atoms with Crippen molar-refractivity contribution in [2.24, 2.45) is 0 Å². The Hall–Kier alpha value is -5.05. The Balaban J connectivity index is 1.32. The lowest BCUT2D eigenvalue weighted by molar-refractivity contribution is 0.0658. The minimum Gasteiger partial charge on any atom is -0.508 e. The minimum absolute atomic E-state index is 0.00916. The van der Waals surface area contributed by atoms with Crippen molar-refractivity contribution in [3.05, 3.63) is 106 Å². The van der Waals surface area contributed by atoms with Gasteiger partial charge in [0.25, 0.3) is 11.8 Å². The number of carbonyl (C=O) groups is 3. The number of hydrogen-bond donors (Lipinski definition) is 2. The van der Waals surface area contributed by atoms with Crippen molar-refractivity contribution in [2.75, 3.05) is 11.9 Å². The number of nitrogens with zero attached hydrogens (tertiary/aromatic N) is 4. The van der Waals surface area contributed by atoms with Crippen molar-refractivity contribution in [1.29, 1.82) is 0 Å². The average molecular weight is 660 g/mol. The number of urea groups is 1. The molecule has 254 valence electrons. The molecule has 0 aliphatic carbocycles. The number of aromatic nitrogens is 1. The molecule has 0 radical (unpaired) electrons. The third kappa shape index (κ3) is 6.18. The predicted molar refractivity (Wildman–Crippen MR) is 191 cm³/mol. The lowest BCUT2D eigenvalue weighted by atomic mass is 9.92. The average Bonchev–Trinajstić information content (AvgIpc) is 3.68. The summed E-state index contributed by atoms with van der Waals surface area (Å²) >= 11 is 0. The zero-order valence-corrected chi connectivity index (χ0v) is 29.0. The summed E-state index contributed by atoms with van der Waals surface area (Å²) in [6, 6.07) is 20.9. The van der Waals surface area contributed by atoms with Gasteiger partial charge in [-0.3, -0.25) is 9.59 Å². The molecule has 3 aliphatic heterocycles. The Morgan fingerprint density at radius 1 is 0.857 bits per heavy atom. The zero-order valence-electron chi connectivity index (χ0n) is 29.0. The number of benzene rings is 3. The van der Waals surface area contributed by atoms with Crippen LogP contribution in [-0.4, -0.2) is 55.9 Å². The van der Waals surface area contributed by atoms with Crippen LogP contribution in [0.1, 0.15) is 89.2 Å². The molecular formula is C40H45N5O4. The van der Waals surface area contributed by atoms with Crippen LogP contribution in [0.25, 0.3) is 11.3 Å². The Labute approximate surface area is 288 Å². The normalized spacial score (nSPS) is 16.9. The van der Waals surface area contributed by atoms with Crippen molar-refractivity contribution in [3.63, 3.8) is 0 Å². The molecule has 4 aromatic rings. The minimum atomic E-state index is -0.375. The maximum Gasteiger partial charge on any atom is 0.318 e. The molecule has 1 aromatic heterocycles. The molecule has 4 amide bonds. The highest BCUT2D eigenvalue weighted by atomic mass is 16.3. The van der Waals surface area contributed by atoms with Crippen molar-refractivity contribution in [2.45, 2.75) is 91.1 Å². The van der Waals surface area contributed by atoms with Gasteiger partial charge in [0.1, 0.15) is 5.75 Å². The highest BCUT2D eigenvalue weighted by molar-refractivity contribution is 6.08. The van der Waals surface area contributed by atoms with E-state index in [4.69, 9.17) is 0 Å². The highest BCUT2D eigenvalue weighted by Crippen LogP contribution is 2.38. The topological polar surface area (TPSA) is 98.1 Å². The summed E-state index contributed by atoms with van der Waals surface area (Å²) in [7, 11) is 1.75. The number of amides is 4. The highest BCUT2D eigenvalue weighted by Gasteiger charge is 2.34. The van der Waals surface area contributed by atoms with Gasteiger partial charge >= 0.3 is 6.03 Å². The third-order valence-electron chi connectivity index (χ3n) is 10.1. The van der Waals surface area contributed by atoms with Crippen LogP contribution in [0.5, 0.6) is 5.75 Å². The van der Waals surface area contributed by atoms with Gasteiger partial charge in [-0.05, 0) is 118 Å². The molecular weight excluding hydrogens is 614 g/mol. The van der Waals surface area contributed by atoms with Crippen LogP contribution in [0.2, 0.25) is 0 Å². The fourth-order valence-electron chi connectivity index (χ4n) is 7.55. The molecule has 2 N–H and O–H groups in total. The summed E-state index contributed by atoms with van der Waals surface area (Å²) < 4.78 is 2.23. The Morgan fingerprint density at radius 2 is 1.55 bits per heavy atom. The van der Waals surface area contributed by atoms with E-state index in [1.807, 2.05) is 43.9 Å². The second-order valence-electron chi connectivity index (χ2n) is 14.8. The zero-order chi connectivity index (χ0) is 34.6. The van der Waals surface area contributed by atoms with E-state index in [1.54, 1.807) is 41.1 Å². The lowest BCUT2D eigenvalue weighted by Crippen LogP contribution is -2.46. The van der Waals surface area contributed by atoms with Crippen LogP contribution in [0.3, 0.4) is 0 Å². The number of nitrogens with one attached hydrogen (secondary N) is 1. The van der Waals surface area contributed by atoms with Crippen molar-refractivity contribution < 1.29 is 19.5 Å². The van der Waals surface area contributed by atoms with E-state index in [-0.39, 0.29) is 35.2 Å². The van der Waals surface area contributed by atoms with Gasteiger partial charge in [0.2, 0.25) is 0 Å². The fraction of sp³-hybridized carbons (Fsp3) is 0.375. The van der Waals surface area contributed by atoms with Crippen LogP contribution >= 0.6 is 0 Å².